The smallest absolute Gasteiger partial charge is 0.121 e. The molecule has 1 aliphatic carbocycles. The second kappa shape index (κ2) is 6.53. The largest absolute Gasteiger partial charge is 0.497 e. The second-order valence-corrected chi connectivity index (χ2v) is 5.17. The molecule has 3 nitrogen and oxygen atoms in total. The molecule has 0 aromatic heterocycles. The highest BCUT2D eigenvalue weighted by Crippen LogP contribution is 2.29. The Morgan fingerprint density at radius 2 is 2.11 bits per heavy atom. The molecule has 3 N–H and O–H groups in total. The van der Waals surface area contributed by atoms with Crippen LogP contribution in [0.15, 0.2) is 18.2 Å². The molecule has 0 atom stereocenters. The van der Waals surface area contributed by atoms with Gasteiger partial charge in [0.25, 0.3) is 0 Å². The number of benzene rings is 1. The lowest BCUT2D eigenvalue weighted by Crippen LogP contribution is -2.06. The molecule has 0 radical (unpaired) electrons. The van der Waals surface area contributed by atoms with Gasteiger partial charge in [-0.05, 0) is 30.9 Å². The van der Waals surface area contributed by atoms with Crippen LogP contribution in [0.5, 0.6) is 5.75 Å². The zero-order valence-electron chi connectivity index (χ0n) is 11.2. The molecule has 0 spiro atoms. The number of methoxy groups -OCH3 is 1. The summed E-state index contributed by atoms with van der Waals surface area (Å²) in [4.78, 5) is 0. The Labute approximate surface area is 110 Å². The lowest BCUT2D eigenvalue weighted by atomic mass is 10.0. The van der Waals surface area contributed by atoms with Crippen molar-refractivity contribution in [2.75, 3.05) is 24.7 Å². The molecule has 1 aliphatic rings. The Balaban J connectivity index is 1.72. The number of nitrogen functional groups attached to an aromatic ring is 1. The van der Waals surface area contributed by atoms with E-state index in [1.54, 1.807) is 7.11 Å². The zero-order valence-corrected chi connectivity index (χ0v) is 11.2. The van der Waals surface area contributed by atoms with Crippen molar-refractivity contribution < 1.29 is 4.74 Å². The molecule has 0 aliphatic heterocycles. The molecule has 0 heterocycles. The van der Waals surface area contributed by atoms with Crippen LogP contribution < -0.4 is 15.8 Å². The van der Waals surface area contributed by atoms with Crippen molar-refractivity contribution in [3.8, 4) is 5.75 Å². The van der Waals surface area contributed by atoms with Crippen molar-refractivity contribution in [3.63, 3.8) is 0 Å². The highest BCUT2D eigenvalue weighted by Gasteiger charge is 2.13. The van der Waals surface area contributed by atoms with E-state index in [2.05, 4.69) is 5.32 Å². The van der Waals surface area contributed by atoms with Gasteiger partial charge in [0.05, 0.1) is 18.5 Å². The van der Waals surface area contributed by atoms with Gasteiger partial charge in [0.1, 0.15) is 5.75 Å². The van der Waals surface area contributed by atoms with E-state index in [0.29, 0.717) is 0 Å². The minimum Gasteiger partial charge on any atom is -0.497 e. The molecule has 1 fully saturated rings. The summed E-state index contributed by atoms with van der Waals surface area (Å²) in [6, 6.07) is 5.79. The Morgan fingerprint density at radius 3 is 2.78 bits per heavy atom. The highest BCUT2D eigenvalue weighted by molar-refractivity contribution is 5.68. The number of rotatable bonds is 6. The normalized spacial score (nSPS) is 15.8. The first-order valence-electron chi connectivity index (χ1n) is 6.97. The van der Waals surface area contributed by atoms with E-state index < -0.39 is 0 Å². The number of nitrogens with one attached hydrogen (secondary N) is 1. The number of hydrogen-bond acceptors (Lipinski definition) is 3. The van der Waals surface area contributed by atoms with Crippen molar-refractivity contribution in [2.45, 2.75) is 38.5 Å². The minimum absolute atomic E-state index is 0.759. The lowest BCUT2D eigenvalue weighted by Gasteiger charge is -2.12. The minimum atomic E-state index is 0.759. The standard InChI is InChI=1S/C15H24N2O/c1-18-13-8-9-15(14(16)11-13)17-10-4-7-12-5-2-3-6-12/h8-9,11-12,17H,2-7,10,16H2,1H3. The molecule has 3 heteroatoms. The second-order valence-electron chi connectivity index (χ2n) is 5.17. The van der Waals surface area contributed by atoms with E-state index in [1.807, 2.05) is 18.2 Å². The molecule has 0 unspecified atom stereocenters. The summed E-state index contributed by atoms with van der Waals surface area (Å²) in [7, 11) is 1.66. The van der Waals surface area contributed by atoms with Gasteiger partial charge in [0.15, 0.2) is 0 Å². The quantitative estimate of drug-likeness (QED) is 0.596. The van der Waals surface area contributed by atoms with Crippen LogP contribution in [0.3, 0.4) is 0 Å². The third-order valence-corrected chi connectivity index (χ3v) is 3.84. The first-order valence-corrected chi connectivity index (χ1v) is 6.97. The zero-order chi connectivity index (χ0) is 12.8. The number of ether oxygens (including phenoxy) is 1. The summed E-state index contributed by atoms with van der Waals surface area (Å²) in [5, 5.41) is 3.41. The Morgan fingerprint density at radius 1 is 1.33 bits per heavy atom. The molecular formula is C15H24N2O. The Bertz CT molecular complexity index is 373. The summed E-state index contributed by atoms with van der Waals surface area (Å²) >= 11 is 0. The molecule has 0 saturated heterocycles. The number of anilines is 2. The summed E-state index contributed by atoms with van der Waals surface area (Å²) in [6.45, 7) is 1.01. The van der Waals surface area contributed by atoms with Crippen molar-refractivity contribution in [3.05, 3.63) is 18.2 Å². The average Bonchev–Trinajstić information content (AvgIpc) is 2.89. The van der Waals surface area contributed by atoms with E-state index in [1.165, 1.54) is 38.5 Å². The third-order valence-electron chi connectivity index (χ3n) is 3.84. The fourth-order valence-corrected chi connectivity index (χ4v) is 2.74. The SMILES string of the molecule is COc1ccc(NCCCC2CCCC2)c(N)c1. The molecule has 2 rings (SSSR count). The average molecular weight is 248 g/mol. The van der Waals surface area contributed by atoms with Crippen LogP contribution in [0.4, 0.5) is 11.4 Å². The van der Waals surface area contributed by atoms with E-state index in [0.717, 1.165) is 29.6 Å². The topological polar surface area (TPSA) is 47.3 Å². The van der Waals surface area contributed by atoms with Gasteiger partial charge in [-0.15, -0.1) is 0 Å². The summed E-state index contributed by atoms with van der Waals surface area (Å²) in [5.41, 5.74) is 7.73. The van der Waals surface area contributed by atoms with Gasteiger partial charge in [-0.3, -0.25) is 0 Å². The maximum Gasteiger partial charge on any atom is 0.121 e. The van der Waals surface area contributed by atoms with Crippen LogP contribution in [-0.2, 0) is 0 Å². The van der Waals surface area contributed by atoms with Crippen molar-refractivity contribution in [1.82, 2.24) is 0 Å². The molecule has 0 bridgehead atoms. The maximum atomic E-state index is 5.96. The number of nitrogens with two attached hydrogens (primary N) is 1. The molecule has 100 valence electrons. The fraction of sp³-hybridized carbons (Fsp3) is 0.600. The van der Waals surface area contributed by atoms with Crippen LogP contribution in [0, 0.1) is 5.92 Å². The van der Waals surface area contributed by atoms with Gasteiger partial charge in [-0.25, -0.2) is 0 Å². The third kappa shape index (κ3) is 3.56. The number of hydrogen-bond donors (Lipinski definition) is 2. The summed E-state index contributed by atoms with van der Waals surface area (Å²) < 4.78 is 5.14. The molecular weight excluding hydrogens is 224 g/mol. The Hall–Kier alpha value is -1.38. The van der Waals surface area contributed by atoms with Crippen LogP contribution in [0.2, 0.25) is 0 Å². The summed E-state index contributed by atoms with van der Waals surface area (Å²) in [6.07, 6.45) is 8.32. The first kappa shape index (κ1) is 13.1. The molecule has 0 amide bonds. The van der Waals surface area contributed by atoms with Crippen molar-refractivity contribution in [2.24, 2.45) is 5.92 Å². The van der Waals surface area contributed by atoms with Gasteiger partial charge in [0, 0.05) is 12.6 Å². The van der Waals surface area contributed by atoms with Gasteiger partial charge in [0.2, 0.25) is 0 Å². The molecule has 18 heavy (non-hydrogen) atoms. The van der Waals surface area contributed by atoms with Crippen LogP contribution in [0.1, 0.15) is 38.5 Å². The highest BCUT2D eigenvalue weighted by atomic mass is 16.5. The fourth-order valence-electron chi connectivity index (χ4n) is 2.74. The first-order chi connectivity index (χ1) is 8.79. The van der Waals surface area contributed by atoms with E-state index in [-0.39, 0.29) is 0 Å². The van der Waals surface area contributed by atoms with E-state index in [4.69, 9.17) is 10.5 Å². The molecule has 1 aromatic carbocycles. The van der Waals surface area contributed by atoms with E-state index in [9.17, 15) is 0 Å². The van der Waals surface area contributed by atoms with Crippen molar-refractivity contribution >= 4 is 11.4 Å². The van der Waals surface area contributed by atoms with E-state index >= 15 is 0 Å². The maximum absolute atomic E-state index is 5.96. The van der Waals surface area contributed by atoms with Gasteiger partial charge in [-0.1, -0.05) is 25.7 Å². The molecule has 1 aromatic rings. The van der Waals surface area contributed by atoms with Crippen LogP contribution >= 0.6 is 0 Å². The van der Waals surface area contributed by atoms with Gasteiger partial charge >= 0.3 is 0 Å². The predicted molar refractivity (Wildman–Crippen MR) is 77.1 cm³/mol. The van der Waals surface area contributed by atoms with Crippen LogP contribution in [0.25, 0.3) is 0 Å². The van der Waals surface area contributed by atoms with Crippen molar-refractivity contribution in [1.29, 1.82) is 0 Å². The molecule has 1 saturated carbocycles. The predicted octanol–water partition coefficient (Wildman–Crippen LogP) is 3.66. The Kier molecular flexibility index (Phi) is 4.73. The van der Waals surface area contributed by atoms with Crippen LogP contribution in [-0.4, -0.2) is 13.7 Å². The summed E-state index contributed by atoms with van der Waals surface area (Å²) in [5.74, 6) is 1.78. The van der Waals surface area contributed by atoms with Gasteiger partial charge < -0.3 is 15.8 Å². The lowest BCUT2D eigenvalue weighted by molar-refractivity contribution is 0.415. The monoisotopic (exact) mass is 248 g/mol. The van der Waals surface area contributed by atoms with Gasteiger partial charge in [-0.2, -0.15) is 0 Å².